The van der Waals surface area contributed by atoms with E-state index in [1.165, 1.54) is 0 Å². The summed E-state index contributed by atoms with van der Waals surface area (Å²) < 4.78 is 0. The van der Waals surface area contributed by atoms with Crippen molar-refractivity contribution in [1.29, 1.82) is 0 Å². The minimum absolute atomic E-state index is 0.0223. The first-order chi connectivity index (χ1) is 6.13. The van der Waals surface area contributed by atoms with Crippen LogP contribution in [0, 0.1) is 11.8 Å². The molecule has 0 fully saturated rings. The van der Waals surface area contributed by atoms with Gasteiger partial charge in [0, 0.05) is 6.54 Å². The summed E-state index contributed by atoms with van der Waals surface area (Å²) in [4.78, 5) is 11.4. The minimum atomic E-state index is -0.253. The second kappa shape index (κ2) is 6.89. The van der Waals surface area contributed by atoms with E-state index in [-0.39, 0.29) is 24.3 Å². The predicted octanol–water partition coefficient (Wildman–Crippen LogP) is 1.17. The Hall–Kier alpha value is -0.570. The van der Waals surface area contributed by atoms with Gasteiger partial charge in [-0.25, -0.2) is 0 Å². The Balaban J connectivity index is 3.78. The monoisotopic (exact) mass is 187 g/mol. The summed E-state index contributed by atoms with van der Waals surface area (Å²) in [5.74, 6) is -0.0746. The van der Waals surface area contributed by atoms with Crippen molar-refractivity contribution in [2.75, 3.05) is 13.2 Å². The number of amides is 1. The molecule has 0 rings (SSSR count). The molecule has 0 radical (unpaired) electrons. The van der Waals surface area contributed by atoms with Crippen LogP contribution in [0.25, 0.3) is 0 Å². The molecule has 0 spiro atoms. The number of hydrogen-bond donors (Lipinski definition) is 2. The average molecular weight is 187 g/mol. The summed E-state index contributed by atoms with van der Waals surface area (Å²) in [7, 11) is 0. The zero-order valence-corrected chi connectivity index (χ0v) is 8.84. The summed E-state index contributed by atoms with van der Waals surface area (Å²) in [6.45, 7) is 6.63. The molecule has 78 valence electrons. The van der Waals surface area contributed by atoms with Crippen LogP contribution in [0.4, 0.5) is 0 Å². The standard InChI is InChI=1S/C10H21NO2/c1-4-5-6-11-10(13)9(7-12)8(2)3/h8-9,12H,4-7H2,1-3H3,(H,11,13). The summed E-state index contributed by atoms with van der Waals surface area (Å²) >= 11 is 0. The molecule has 0 aromatic heterocycles. The van der Waals surface area contributed by atoms with Crippen molar-refractivity contribution in [2.45, 2.75) is 33.6 Å². The molecule has 1 unspecified atom stereocenters. The molecule has 0 aromatic carbocycles. The fraction of sp³-hybridized carbons (Fsp3) is 0.900. The molecule has 3 heteroatoms. The maximum Gasteiger partial charge on any atom is 0.225 e. The number of aliphatic hydroxyl groups excluding tert-OH is 1. The van der Waals surface area contributed by atoms with E-state index in [1.807, 2.05) is 13.8 Å². The highest BCUT2D eigenvalue weighted by atomic mass is 16.3. The van der Waals surface area contributed by atoms with Gasteiger partial charge in [0.25, 0.3) is 0 Å². The second-order valence-corrected chi connectivity index (χ2v) is 3.68. The lowest BCUT2D eigenvalue weighted by Gasteiger charge is -2.17. The largest absolute Gasteiger partial charge is 0.396 e. The van der Waals surface area contributed by atoms with Crippen LogP contribution in [0.3, 0.4) is 0 Å². The maximum atomic E-state index is 11.4. The molecule has 1 atom stereocenters. The van der Waals surface area contributed by atoms with E-state index in [0.29, 0.717) is 0 Å². The molecule has 0 saturated carbocycles. The van der Waals surface area contributed by atoms with Crippen molar-refractivity contribution < 1.29 is 9.90 Å². The Kier molecular flexibility index (Phi) is 6.59. The van der Waals surface area contributed by atoms with Crippen molar-refractivity contribution in [3.8, 4) is 0 Å². The second-order valence-electron chi connectivity index (χ2n) is 3.68. The third kappa shape index (κ3) is 4.88. The van der Waals surface area contributed by atoms with Gasteiger partial charge in [-0.2, -0.15) is 0 Å². The van der Waals surface area contributed by atoms with Gasteiger partial charge in [0.2, 0.25) is 5.91 Å². The average Bonchev–Trinajstić information content (AvgIpc) is 2.05. The molecule has 0 heterocycles. The van der Waals surface area contributed by atoms with E-state index in [2.05, 4.69) is 12.2 Å². The normalized spacial score (nSPS) is 13.0. The Morgan fingerprint density at radius 2 is 2.08 bits per heavy atom. The number of unbranched alkanes of at least 4 members (excludes halogenated alkanes) is 1. The van der Waals surface area contributed by atoms with E-state index in [9.17, 15) is 4.79 Å². The summed E-state index contributed by atoms with van der Waals surface area (Å²) in [6, 6.07) is 0. The zero-order chi connectivity index (χ0) is 10.3. The molecule has 0 aliphatic heterocycles. The first-order valence-corrected chi connectivity index (χ1v) is 5.02. The van der Waals surface area contributed by atoms with Crippen LogP contribution in [0.5, 0.6) is 0 Å². The van der Waals surface area contributed by atoms with Crippen LogP contribution in [0.1, 0.15) is 33.6 Å². The number of nitrogens with one attached hydrogen (secondary N) is 1. The third-order valence-electron chi connectivity index (χ3n) is 2.17. The van der Waals surface area contributed by atoms with E-state index < -0.39 is 0 Å². The number of carbonyl (C=O) groups excluding carboxylic acids is 1. The summed E-state index contributed by atoms with van der Waals surface area (Å²) in [5, 5.41) is 11.8. The van der Waals surface area contributed by atoms with Crippen molar-refractivity contribution in [3.63, 3.8) is 0 Å². The van der Waals surface area contributed by atoms with Gasteiger partial charge in [-0.05, 0) is 12.3 Å². The number of hydrogen-bond acceptors (Lipinski definition) is 2. The third-order valence-corrected chi connectivity index (χ3v) is 2.17. The molecule has 1 amide bonds. The van der Waals surface area contributed by atoms with Gasteiger partial charge in [0.1, 0.15) is 0 Å². The zero-order valence-electron chi connectivity index (χ0n) is 8.84. The topological polar surface area (TPSA) is 49.3 Å². The highest BCUT2D eigenvalue weighted by molar-refractivity contribution is 5.78. The Morgan fingerprint density at radius 3 is 2.46 bits per heavy atom. The van der Waals surface area contributed by atoms with Crippen LogP contribution >= 0.6 is 0 Å². The van der Waals surface area contributed by atoms with Crippen molar-refractivity contribution in [1.82, 2.24) is 5.32 Å². The number of rotatable bonds is 6. The van der Waals surface area contributed by atoms with Crippen LogP contribution in [0.15, 0.2) is 0 Å². The van der Waals surface area contributed by atoms with E-state index in [0.717, 1.165) is 19.4 Å². The van der Waals surface area contributed by atoms with Gasteiger partial charge >= 0.3 is 0 Å². The number of carbonyl (C=O) groups is 1. The SMILES string of the molecule is CCCCNC(=O)C(CO)C(C)C. The molecule has 3 nitrogen and oxygen atoms in total. The van der Waals surface area contributed by atoms with Crippen LogP contribution in [-0.2, 0) is 4.79 Å². The highest BCUT2D eigenvalue weighted by Gasteiger charge is 2.20. The Morgan fingerprint density at radius 1 is 1.46 bits per heavy atom. The molecular formula is C10H21NO2. The highest BCUT2D eigenvalue weighted by Crippen LogP contribution is 2.09. The lowest BCUT2D eigenvalue weighted by molar-refractivity contribution is -0.127. The van der Waals surface area contributed by atoms with E-state index in [4.69, 9.17) is 5.11 Å². The lowest BCUT2D eigenvalue weighted by Crippen LogP contribution is -2.36. The fourth-order valence-electron chi connectivity index (χ4n) is 1.12. The minimum Gasteiger partial charge on any atom is -0.396 e. The van der Waals surface area contributed by atoms with Crippen molar-refractivity contribution >= 4 is 5.91 Å². The van der Waals surface area contributed by atoms with Gasteiger partial charge in [0.15, 0.2) is 0 Å². The van der Waals surface area contributed by atoms with E-state index in [1.54, 1.807) is 0 Å². The molecule has 0 bridgehead atoms. The Bertz CT molecular complexity index is 146. The van der Waals surface area contributed by atoms with Gasteiger partial charge in [-0.3, -0.25) is 4.79 Å². The summed E-state index contributed by atoms with van der Waals surface area (Å²) in [5.41, 5.74) is 0. The van der Waals surface area contributed by atoms with Gasteiger partial charge in [-0.1, -0.05) is 27.2 Å². The smallest absolute Gasteiger partial charge is 0.225 e. The molecule has 13 heavy (non-hydrogen) atoms. The van der Waals surface area contributed by atoms with Gasteiger partial charge in [-0.15, -0.1) is 0 Å². The molecule has 0 aliphatic rings. The fourth-order valence-corrected chi connectivity index (χ4v) is 1.12. The Labute approximate surface area is 80.5 Å². The molecule has 0 saturated heterocycles. The quantitative estimate of drug-likeness (QED) is 0.613. The van der Waals surface area contributed by atoms with Gasteiger partial charge < -0.3 is 10.4 Å². The predicted molar refractivity (Wildman–Crippen MR) is 53.3 cm³/mol. The van der Waals surface area contributed by atoms with Crippen LogP contribution < -0.4 is 5.32 Å². The first-order valence-electron chi connectivity index (χ1n) is 5.02. The van der Waals surface area contributed by atoms with Crippen molar-refractivity contribution in [2.24, 2.45) is 11.8 Å². The molecule has 0 aromatic rings. The van der Waals surface area contributed by atoms with Crippen LogP contribution in [-0.4, -0.2) is 24.2 Å². The van der Waals surface area contributed by atoms with Crippen LogP contribution in [0.2, 0.25) is 0 Å². The summed E-state index contributed by atoms with van der Waals surface area (Å²) in [6.07, 6.45) is 2.08. The first kappa shape index (κ1) is 12.4. The van der Waals surface area contributed by atoms with Crippen molar-refractivity contribution in [3.05, 3.63) is 0 Å². The molecular weight excluding hydrogens is 166 g/mol. The van der Waals surface area contributed by atoms with E-state index >= 15 is 0 Å². The lowest BCUT2D eigenvalue weighted by atomic mass is 9.96. The maximum absolute atomic E-state index is 11.4. The molecule has 2 N–H and O–H groups in total. The molecule has 0 aliphatic carbocycles. The van der Waals surface area contributed by atoms with Gasteiger partial charge in [0.05, 0.1) is 12.5 Å². The number of aliphatic hydroxyl groups is 1.